The molecular formula is C15H23N2O4P. The highest BCUT2D eigenvalue weighted by Crippen LogP contribution is 2.56. The first kappa shape index (κ1) is 17.0. The third-order valence-corrected chi connectivity index (χ3v) is 6.28. The van der Waals surface area contributed by atoms with Crippen LogP contribution in [0.15, 0.2) is 30.3 Å². The van der Waals surface area contributed by atoms with Gasteiger partial charge in [0.1, 0.15) is 5.78 Å². The molecule has 0 aromatic heterocycles. The number of carbonyl (C=O) groups is 1. The molecule has 1 fully saturated rings. The van der Waals surface area contributed by atoms with Crippen LogP contribution in [-0.2, 0) is 13.6 Å². The highest BCUT2D eigenvalue weighted by atomic mass is 31.2. The van der Waals surface area contributed by atoms with Crippen molar-refractivity contribution in [3.05, 3.63) is 35.9 Å². The fourth-order valence-corrected chi connectivity index (χ4v) is 4.42. The van der Waals surface area contributed by atoms with E-state index in [-0.39, 0.29) is 12.1 Å². The molecule has 0 radical (unpaired) electrons. The molecule has 0 saturated carbocycles. The molecule has 1 heterocycles. The van der Waals surface area contributed by atoms with Crippen molar-refractivity contribution in [2.75, 3.05) is 20.8 Å². The summed E-state index contributed by atoms with van der Waals surface area (Å²) < 4.78 is 22.7. The molecule has 22 heavy (non-hydrogen) atoms. The predicted octanol–water partition coefficient (Wildman–Crippen LogP) is 3.37. The lowest BCUT2D eigenvalue weighted by Gasteiger charge is -2.30. The minimum Gasteiger partial charge on any atom is -0.331 e. The Morgan fingerprint density at radius 3 is 2.55 bits per heavy atom. The van der Waals surface area contributed by atoms with Crippen LogP contribution in [0.4, 0.5) is 4.79 Å². The summed E-state index contributed by atoms with van der Waals surface area (Å²) in [6.45, 7) is 2.47. The number of benzene rings is 1. The Kier molecular flexibility index (Phi) is 5.62. The van der Waals surface area contributed by atoms with Gasteiger partial charge in [0.25, 0.3) is 0 Å². The zero-order valence-electron chi connectivity index (χ0n) is 13.2. The third kappa shape index (κ3) is 3.51. The molecule has 0 spiro atoms. The van der Waals surface area contributed by atoms with Gasteiger partial charge in [-0.2, -0.15) is 0 Å². The molecule has 1 aromatic rings. The van der Waals surface area contributed by atoms with Gasteiger partial charge in [-0.05, 0) is 25.3 Å². The average Bonchev–Trinajstić information content (AvgIpc) is 3.05. The van der Waals surface area contributed by atoms with Crippen molar-refractivity contribution in [3.8, 4) is 0 Å². The first-order chi connectivity index (χ1) is 10.5. The van der Waals surface area contributed by atoms with Gasteiger partial charge in [-0.15, -0.1) is 0 Å². The van der Waals surface area contributed by atoms with Crippen molar-refractivity contribution in [1.82, 2.24) is 10.2 Å². The van der Waals surface area contributed by atoms with E-state index >= 15 is 0 Å². The van der Waals surface area contributed by atoms with E-state index in [1.807, 2.05) is 37.3 Å². The molecular weight excluding hydrogens is 303 g/mol. The van der Waals surface area contributed by atoms with E-state index in [1.54, 1.807) is 4.90 Å². The molecule has 122 valence electrons. The number of carbonyl (C=O) groups excluding carboxylic acids is 1. The number of nitrogens with zero attached hydrogens (tertiary/aromatic N) is 1. The quantitative estimate of drug-likeness (QED) is 0.843. The number of hydrogen-bond acceptors (Lipinski definition) is 4. The molecule has 1 aliphatic heterocycles. The van der Waals surface area contributed by atoms with Crippen LogP contribution in [0.2, 0.25) is 0 Å². The molecule has 2 rings (SSSR count). The highest BCUT2D eigenvalue weighted by molar-refractivity contribution is 7.54. The molecule has 1 aliphatic rings. The fraction of sp³-hybridized carbons (Fsp3) is 0.533. The summed E-state index contributed by atoms with van der Waals surface area (Å²) in [5.41, 5.74) is 1.02. The van der Waals surface area contributed by atoms with Gasteiger partial charge in [-0.25, -0.2) is 4.79 Å². The molecule has 2 atom stereocenters. The molecule has 1 aromatic carbocycles. The van der Waals surface area contributed by atoms with Gasteiger partial charge in [0, 0.05) is 20.8 Å². The zero-order valence-corrected chi connectivity index (χ0v) is 14.1. The summed E-state index contributed by atoms with van der Waals surface area (Å²) in [7, 11) is -0.584. The van der Waals surface area contributed by atoms with Gasteiger partial charge in [0.05, 0.1) is 6.04 Å². The molecule has 7 heteroatoms. The van der Waals surface area contributed by atoms with Crippen LogP contribution < -0.4 is 5.32 Å². The number of nitrogens with one attached hydrogen (secondary N) is 1. The van der Waals surface area contributed by atoms with Crippen LogP contribution in [0.5, 0.6) is 0 Å². The Morgan fingerprint density at radius 2 is 1.95 bits per heavy atom. The third-order valence-electron chi connectivity index (χ3n) is 4.00. The van der Waals surface area contributed by atoms with Crippen LogP contribution in [0.3, 0.4) is 0 Å². The van der Waals surface area contributed by atoms with E-state index in [4.69, 9.17) is 9.05 Å². The Morgan fingerprint density at radius 1 is 1.32 bits per heavy atom. The summed E-state index contributed by atoms with van der Waals surface area (Å²) in [6, 6.07) is 9.35. The molecule has 2 amide bonds. The van der Waals surface area contributed by atoms with E-state index in [1.165, 1.54) is 14.2 Å². The van der Waals surface area contributed by atoms with Crippen LogP contribution in [0, 0.1) is 0 Å². The monoisotopic (exact) mass is 326 g/mol. The molecule has 0 unspecified atom stereocenters. The van der Waals surface area contributed by atoms with Gasteiger partial charge < -0.3 is 19.3 Å². The first-order valence-corrected chi connectivity index (χ1v) is 8.96. The smallest absolute Gasteiger partial charge is 0.331 e. The van der Waals surface area contributed by atoms with Crippen LogP contribution in [-0.4, -0.2) is 37.5 Å². The van der Waals surface area contributed by atoms with E-state index in [9.17, 15) is 9.36 Å². The summed E-state index contributed by atoms with van der Waals surface area (Å²) in [4.78, 5) is 14.1. The highest BCUT2D eigenvalue weighted by Gasteiger charge is 2.43. The van der Waals surface area contributed by atoms with E-state index < -0.39 is 13.4 Å². The van der Waals surface area contributed by atoms with Crippen molar-refractivity contribution in [2.24, 2.45) is 0 Å². The van der Waals surface area contributed by atoms with Crippen LogP contribution >= 0.6 is 7.60 Å². The van der Waals surface area contributed by atoms with Crippen molar-refractivity contribution < 1.29 is 18.4 Å². The van der Waals surface area contributed by atoms with Gasteiger partial charge in [-0.3, -0.25) is 4.57 Å². The molecule has 0 aliphatic carbocycles. The number of hydrogen-bond donors (Lipinski definition) is 1. The largest absolute Gasteiger partial charge is 0.352 e. The maximum absolute atomic E-state index is 12.6. The number of rotatable bonds is 5. The molecule has 1 N–H and O–H groups in total. The summed E-state index contributed by atoms with van der Waals surface area (Å²) in [5, 5.41) is 2.94. The Bertz CT molecular complexity index is 544. The fourth-order valence-electron chi connectivity index (χ4n) is 2.73. The summed E-state index contributed by atoms with van der Waals surface area (Å²) in [6.07, 6.45) is 1.40. The van der Waals surface area contributed by atoms with E-state index in [0.717, 1.165) is 12.0 Å². The second-order valence-electron chi connectivity index (χ2n) is 5.30. The normalized spacial score (nSPS) is 20.0. The van der Waals surface area contributed by atoms with Crippen LogP contribution in [0.25, 0.3) is 0 Å². The molecule has 1 saturated heterocycles. The number of urea groups is 1. The number of likely N-dealkylation sites (tertiary alicyclic amines) is 1. The van der Waals surface area contributed by atoms with Crippen molar-refractivity contribution in [1.29, 1.82) is 0 Å². The van der Waals surface area contributed by atoms with Gasteiger partial charge in [-0.1, -0.05) is 30.3 Å². The predicted molar refractivity (Wildman–Crippen MR) is 84.7 cm³/mol. The molecule has 0 bridgehead atoms. The van der Waals surface area contributed by atoms with Crippen molar-refractivity contribution in [3.63, 3.8) is 0 Å². The summed E-state index contributed by atoms with van der Waals surface area (Å²) in [5.74, 6) is -0.523. The standard InChI is InChI=1S/C15H23N2O4P/c1-12(13-8-5-4-6-9-13)16-15(18)17-11-7-10-14(17)22(19,20-2)21-3/h4-6,8-9,12,14H,7,10-11H2,1-3H3,(H,16,18)/t12-,14-/m1/s1. The zero-order chi connectivity index (χ0) is 16.2. The van der Waals surface area contributed by atoms with Crippen molar-refractivity contribution >= 4 is 13.6 Å². The first-order valence-electron chi connectivity index (χ1n) is 7.35. The maximum Gasteiger partial charge on any atom is 0.352 e. The average molecular weight is 326 g/mol. The van der Waals surface area contributed by atoms with Crippen LogP contribution in [0.1, 0.15) is 31.4 Å². The lowest BCUT2D eigenvalue weighted by atomic mass is 10.1. The lowest BCUT2D eigenvalue weighted by Crippen LogP contribution is -2.43. The minimum atomic E-state index is -3.29. The maximum atomic E-state index is 12.6. The Labute approximate surface area is 131 Å². The van der Waals surface area contributed by atoms with Gasteiger partial charge in [0.2, 0.25) is 0 Å². The summed E-state index contributed by atoms with van der Waals surface area (Å²) >= 11 is 0. The SMILES string of the molecule is COP(=O)(OC)[C@@H]1CCCN1C(=O)N[C@H](C)c1ccccc1. The molecule has 6 nitrogen and oxygen atoms in total. The Balaban J connectivity index is 2.07. The minimum absolute atomic E-state index is 0.126. The van der Waals surface area contributed by atoms with E-state index in [2.05, 4.69) is 5.32 Å². The van der Waals surface area contributed by atoms with Crippen molar-refractivity contribution in [2.45, 2.75) is 31.6 Å². The van der Waals surface area contributed by atoms with Gasteiger partial charge >= 0.3 is 13.6 Å². The topological polar surface area (TPSA) is 67.9 Å². The Hall–Kier alpha value is -1.36. The second-order valence-corrected chi connectivity index (χ2v) is 7.71. The van der Waals surface area contributed by atoms with Gasteiger partial charge in [0.15, 0.2) is 0 Å². The second kappa shape index (κ2) is 7.27. The lowest BCUT2D eigenvalue weighted by molar-refractivity contribution is 0.186. The number of amides is 2. The van der Waals surface area contributed by atoms with E-state index in [0.29, 0.717) is 13.0 Å².